The standard InChI is InChI=1S/C14H18N2S2/c1-17-14-4-2-3-13(12(14)9-15)16-10-11-5-7-18-8-6-11/h2-4,11,16H,5-8,10H2,1H3. The first-order valence-electron chi connectivity index (χ1n) is 6.24. The fraction of sp³-hybridized carbons (Fsp3) is 0.500. The highest BCUT2D eigenvalue weighted by Gasteiger charge is 2.14. The normalized spacial score (nSPS) is 16.2. The molecule has 96 valence electrons. The molecule has 1 saturated heterocycles. The van der Waals surface area contributed by atoms with Crippen LogP contribution in [-0.2, 0) is 0 Å². The summed E-state index contributed by atoms with van der Waals surface area (Å²) in [6.45, 7) is 0.993. The van der Waals surface area contributed by atoms with E-state index in [1.165, 1.54) is 24.3 Å². The van der Waals surface area contributed by atoms with Gasteiger partial charge in [0.25, 0.3) is 0 Å². The van der Waals surface area contributed by atoms with Gasteiger partial charge in [0, 0.05) is 11.4 Å². The number of benzene rings is 1. The predicted octanol–water partition coefficient (Wildman–Crippen LogP) is 3.84. The van der Waals surface area contributed by atoms with Crippen LogP contribution in [0, 0.1) is 17.2 Å². The van der Waals surface area contributed by atoms with Crippen LogP contribution < -0.4 is 5.32 Å². The Morgan fingerprint density at radius 3 is 2.89 bits per heavy atom. The molecule has 0 atom stereocenters. The van der Waals surface area contributed by atoms with Crippen LogP contribution in [0.2, 0.25) is 0 Å². The zero-order valence-electron chi connectivity index (χ0n) is 10.6. The van der Waals surface area contributed by atoms with E-state index >= 15 is 0 Å². The largest absolute Gasteiger partial charge is 0.384 e. The van der Waals surface area contributed by atoms with E-state index in [9.17, 15) is 5.26 Å². The molecule has 1 N–H and O–H groups in total. The summed E-state index contributed by atoms with van der Waals surface area (Å²) in [6, 6.07) is 8.35. The molecular formula is C14H18N2S2. The Hall–Kier alpha value is -0.790. The van der Waals surface area contributed by atoms with Crippen molar-refractivity contribution in [1.29, 1.82) is 5.26 Å². The Morgan fingerprint density at radius 1 is 1.44 bits per heavy atom. The predicted molar refractivity (Wildman–Crippen MR) is 81.5 cm³/mol. The molecule has 18 heavy (non-hydrogen) atoms. The molecule has 2 rings (SSSR count). The van der Waals surface area contributed by atoms with Gasteiger partial charge in [-0.25, -0.2) is 0 Å². The van der Waals surface area contributed by atoms with Gasteiger partial charge in [0.1, 0.15) is 6.07 Å². The summed E-state index contributed by atoms with van der Waals surface area (Å²) in [5, 5.41) is 12.7. The van der Waals surface area contributed by atoms with Gasteiger partial charge in [-0.05, 0) is 48.7 Å². The van der Waals surface area contributed by atoms with E-state index < -0.39 is 0 Å². The van der Waals surface area contributed by atoms with Crippen molar-refractivity contribution >= 4 is 29.2 Å². The fourth-order valence-corrected chi connectivity index (χ4v) is 3.95. The Labute approximate surface area is 118 Å². The highest BCUT2D eigenvalue weighted by molar-refractivity contribution is 7.99. The highest BCUT2D eigenvalue weighted by atomic mass is 32.2. The molecule has 1 aliphatic heterocycles. The summed E-state index contributed by atoms with van der Waals surface area (Å²) in [4.78, 5) is 1.06. The van der Waals surface area contributed by atoms with E-state index in [1.54, 1.807) is 11.8 Å². The van der Waals surface area contributed by atoms with E-state index in [1.807, 2.05) is 24.5 Å². The van der Waals surface area contributed by atoms with E-state index in [0.717, 1.165) is 28.6 Å². The van der Waals surface area contributed by atoms with Crippen LogP contribution in [-0.4, -0.2) is 24.3 Å². The summed E-state index contributed by atoms with van der Waals surface area (Å²) in [7, 11) is 0. The molecule has 0 bridgehead atoms. The van der Waals surface area contributed by atoms with Crippen molar-refractivity contribution in [2.45, 2.75) is 17.7 Å². The van der Waals surface area contributed by atoms with Crippen molar-refractivity contribution in [2.24, 2.45) is 5.92 Å². The molecule has 1 aromatic rings. The van der Waals surface area contributed by atoms with E-state index in [0.29, 0.717) is 0 Å². The van der Waals surface area contributed by atoms with Gasteiger partial charge in [-0.3, -0.25) is 0 Å². The second kappa shape index (κ2) is 6.96. The Morgan fingerprint density at radius 2 is 2.22 bits per heavy atom. The number of nitrogens with one attached hydrogen (secondary N) is 1. The third kappa shape index (κ3) is 3.37. The number of nitrogens with zero attached hydrogens (tertiary/aromatic N) is 1. The fourth-order valence-electron chi connectivity index (χ4n) is 2.17. The zero-order chi connectivity index (χ0) is 12.8. The maximum absolute atomic E-state index is 9.26. The van der Waals surface area contributed by atoms with Crippen molar-refractivity contribution in [3.05, 3.63) is 23.8 Å². The minimum absolute atomic E-state index is 0.760. The van der Waals surface area contributed by atoms with Crippen molar-refractivity contribution < 1.29 is 0 Å². The van der Waals surface area contributed by atoms with Crippen molar-refractivity contribution in [3.63, 3.8) is 0 Å². The third-order valence-electron chi connectivity index (χ3n) is 3.28. The van der Waals surface area contributed by atoms with Gasteiger partial charge >= 0.3 is 0 Å². The van der Waals surface area contributed by atoms with E-state index in [-0.39, 0.29) is 0 Å². The molecule has 0 amide bonds. The van der Waals surface area contributed by atoms with Crippen LogP contribution in [0.25, 0.3) is 0 Å². The molecule has 4 heteroatoms. The van der Waals surface area contributed by atoms with Crippen LogP contribution in [0.15, 0.2) is 23.1 Å². The monoisotopic (exact) mass is 278 g/mol. The Balaban J connectivity index is 2.02. The highest BCUT2D eigenvalue weighted by Crippen LogP contribution is 2.28. The van der Waals surface area contributed by atoms with Gasteiger partial charge in [-0.15, -0.1) is 11.8 Å². The molecule has 0 radical (unpaired) electrons. The van der Waals surface area contributed by atoms with Crippen molar-refractivity contribution in [3.8, 4) is 6.07 Å². The minimum atomic E-state index is 0.760. The van der Waals surface area contributed by atoms with Gasteiger partial charge < -0.3 is 5.32 Å². The Kier molecular flexibility index (Phi) is 5.27. The molecular weight excluding hydrogens is 260 g/mol. The van der Waals surface area contributed by atoms with Crippen LogP contribution in [0.1, 0.15) is 18.4 Å². The summed E-state index contributed by atoms with van der Waals surface area (Å²) < 4.78 is 0. The van der Waals surface area contributed by atoms with Crippen LogP contribution in [0.4, 0.5) is 5.69 Å². The van der Waals surface area contributed by atoms with Gasteiger partial charge in [0.2, 0.25) is 0 Å². The van der Waals surface area contributed by atoms with Gasteiger partial charge in [0.05, 0.1) is 11.3 Å². The van der Waals surface area contributed by atoms with Crippen LogP contribution >= 0.6 is 23.5 Å². The minimum Gasteiger partial charge on any atom is -0.384 e. The summed E-state index contributed by atoms with van der Waals surface area (Å²) in [5.74, 6) is 3.32. The molecule has 2 nitrogen and oxygen atoms in total. The average molecular weight is 278 g/mol. The van der Waals surface area contributed by atoms with E-state index in [4.69, 9.17) is 0 Å². The molecule has 1 heterocycles. The number of hydrogen-bond donors (Lipinski definition) is 1. The first-order valence-corrected chi connectivity index (χ1v) is 8.62. The number of thioether (sulfide) groups is 2. The SMILES string of the molecule is CSc1cccc(NCC2CCSCC2)c1C#N. The maximum atomic E-state index is 9.26. The molecule has 1 aliphatic rings. The molecule has 1 aromatic carbocycles. The molecule has 0 unspecified atom stereocenters. The summed E-state index contributed by atoms with van der Waals surface area (Å²) >= 11 is 3.68. The second-order valence-corrected chi connectivity index (χ2v) is 6.50. The lowest BCUT2D eigenvalue weighted by Gasteiger charge is -2.22. The topological polar surface area (TPSA) is 35.8 Å². The zero-order valence-corrected chi connectivity index (χ0v) is 12.2. The first kappa shape index (κ1) is 13.6. The number of anilines is 1. The van der Waals surface area contributed by atoms with E-state index in [2.05, 4.69) is 23.1 Å². The van der Waals surface area contributed by atoms with Gasteiger partial charge in [-0.2, -0.15) is 17.0 Å². The summed E-state index contributed by atoms with van der Waals surface area (Å²) in [5.41, 5.74) is 1.78. The number of hydrogen-bond acceptors (Lipinski definition) is 4. The lowest BCUT2D eigenvalue weighted by atomic mass is 10.0. The van der Waals surface area contributed by atoms with Crippen molar-refractivity contribution in [1.82, 2.24) is 0 Å². The molecule has 1 fully saturated rings. The van der Waals surface area contributed by atoms with Crippen LogP contribution in [0.5, 0.6) is 0 Å². The van der Waals surface area contributed by atoms with Crippen LogP contribution in [0.3, 0.4) is 0 Å². The van der Waals surface area contributed by atoms with Gasteiger partial charge in [-0.1, -0.05) is 6.07 Å². The number of rotatable bonds is 4. The van der Waals surface area contributed by atoms with Crippen molar-refractivity contribution in [2.75, 3.05) is 29.6 Å². The summed E-state index contributed by atoms with van der Waals surface area (Å²) in [6.07, 6.45) is 4.60. The van der Waals surface area contributed by atoms with Gasteiger partial charge in [0.15, 0.2) is 0 Å². The maximum Gasteiger partial charge on any atom is 0.102 e. The molecule has 0 saturated carbocycles. The number of nitriles is 1. The lowest BCUT2D eigenvalue weighted by Crippen LogP contribution is -2.19. The third-order valence-corrected chi connectivity index (χ3v) is 5.11. The lowest BCUT2D eigenvalue weighted by molar-refractivity contribution is 0.516. The molecule has 0 aliphatic carbocycles. The molecule has 0 aromatic heterocycles. The quantitative estimate of drug-likeness (QED) is 0.849. The Bertz CT molecular complexity index is 434. The average Bonchev–Trinajstić information content (AvgIpc) is 2.45. The smallest absolute Gasteiger partial charge is 0.102 e. The second-order valence-electron chi connectivity index (χ2n) is 4.43. The first-order chi connectivity index (χ1) is 8.85. The molecule has 0 spiro atoms.